The molecular weight excluding hydrogens is 224 g/mol. The van der Waals surface area contributed by atoms with Crippen LogP contribution in [0.25, 0.3) is 0 Å². The van der Waals surface area contributed by atoms with E-state index in [4.69, 9.17) is 0 Å². The Bertz CT molecular complexity index is 325. The summed E-state index contributed by atoms with van der Waals surface area (Å²) in [5, 5.41) is 0. The van der Waals surface area contributed by atoms with Crippen LogP contribution in [0.5, 0.6) is 0 Å². The van der Waals surface area contributed by atoms with Gasteiger partial charge >= 0.3 is 0 Å². The normalized spacial score (nSPS) is 28.2. The topological polar surface area (TPSA) is 49.4 Å². The van der Waals surface area contributed by atoms with Crippen molar-refractivity contribution in [2.45, 2.75) is 52.2 Å². The summed E-state index contributed by atoms with van der Waals surface area (Å²) < 4.78 is 25.4. The first-order valence-corrected chi connectivity index (χ1v) is 7.84. The maximum atomic E-state index is 11.3. The Morgan fingerprint density at radius 3 is 2.19 bits per heavy atom. The molecule has 0 bridgehead atoms. The summed E-state index contributed by atoms with van der Waals surface area (Å²) in [5.41, 5.74) is 0. The zero-order valence-electron chi connectivity index (χ0n) is 10.9. The molecule has 0 aromatic rings. The summed E-state index contributed by atoms with van der Waals surface area (Å²) in [6.45, 7) is 9.62. The first-order chi connectivity index (χ1) is 7.22. The van der Waals surface area contributed by atoms with E-state index >= 15 is 0 Å². The van der Waals surface area contributed by atoms with Crippen LogP contribution in [0, 0.1) is 5.92 Å². The highest BCUT2D eigenvalue weighted by Crippen LogP contribution is 2.26. The minimum atomic E-state index is -3.10. The summed E-state index contributed by atoms with van der Waals surface area (Å²) in [7, 11) is -3.10. The van der Waals surface area contributed by atoms with Gasteiger partial charge in [0.15, 0.2) is 0 Å². The molecule has 5 heteroatoms. The van der Waals surface area contributed by atoms with Crippen molar-refractivity contribution in [3.63, 3.8) is 0 Å². The monoisotopic (exact) mass is 248 g/mol. The fourth-order valence-electron chi connectivity index (χ4n) is 2.69. The number of likely N-dealkylation sites (tertiary alicyclic amines) is 1. The first-order valence-electron chi connectivity index (χ1n) is 5.95. The largest absolute Gasteiger partial charge is 0.296 e. The van der Waals surface area contributed by atoms with Crippen LogP contribution in [0.3, 0.4) is 0 Å². The predicted octanol–water partition coefficient (Wildman–Crippen LogP) is 1.04. The smallest absolute Gasteiger partial charge is 0.209 e. The van der Waals surface area contributed by atoms with E-state index in [2.05, 4.69) is 37.3 Å². The summed E-state index contributed by atoms with van der Waals surface area (Å²) in [6.07, 6.45) is 2.15. The van der Waals surface area contributed by atoms with Crippen molar-refractivity contribution in [3.8, 4) is 0 Å². The molecule has 1 saturated heterocycles. The highest BCUT2D eigenvalue weighted by atomic mass is 32.2. The fourth-order valence-corrected chi connectivity index (χ4v) is 3.50. The van der Waals surface area contributed by atoms with Gasteiger partial charge in [0.25, 0.3) is 0 Å². The number of nitrogens with zero attached hydrogens (tertiary/aromatic N) is 1. The average molecular weight is 248 g/mol. The standard InChI is InChI=1S/C11H24N2O2S/c1-8(2)11-10(12-16(5,14)15)6-7-13(11)9(3)4/h8-12H,6-7H2,1-5H3. The van der Waals surface area contributed by atoms with Gasteiger partial charge in [0.2, 0.25) is 10.0 Å². The van der Waals surface area contributed by atoms with Crippen molar-refractivity contribution in [1.82, 2.24) is 9.62 Å². The summed E-state index contributed by atoms with van der Waals surface area (Å²) in [4.78, 5) is 2.40. The van der Waals surface area contributed by atoms with Gasteiger partial charge in [-0.25, -0.2) is 13.1 Å². The van der Waals surface area contributed by atoms with Crippen molar-refractivity contribution in [2.75, 3.05) is 12.8 Å². The van der Waals surface area contributed by atoms with Crippen LogP contribution in [-0.4, -0.2) is 44.2 Å². The van der Waals surface area contributed by atoms with Gasteiger partial charge in [-0.2, -0.15) is 0 Å². The van der Waals surface area contributed by atoms with Crippen LogP contribution in [0.4, 0.5) is 0 Å². The van der Waals surface area contributed by atoms with Crippen LogP contribution in [-0.2, 0) is 10.0 Å². The molecule has 1 aliphatic rings. The lowest BCUT2D eigenvalue weighted by Gasteiger charge is -2.34. The number of hydrogen-bond donors (Lipinski definition) is 1. The van der Waals surface area contributed by atoms with Gasteiger partial charge in [-0.1, -0.05) is 13.8 Å². The third kappa shape index (κ3) is 3.43. The van der Waals surface area contributed by atoms with Crippen molar-refractivity contribution in [2.24, 2.45) is 5.92 Å². The van der Waals surface area contributed by atoms with Gasteiger partial charge in [-0.05, 0) is 26.2 Å². The van der Waals surface area contributed by atoms with Gasteiger partial charge in [0, 0.05) is 24.7 Å². The number of hydrogen-bond acceptors (Lipinski definition) is 3. The molecule has 16 heavy (non-hydrogen) atoms. The lowest BCUT2D eigenvalue weighted by molar-refractivity contribution is 0.154. The summed E-state index contributed by atoms with van der Waals surface area (Å²) in [6, 6.07) is 0.853. The van der Waals surface area contributed by atoms with E-state index in [0.717, 1.165) is 13.0 Å². The second kappa shape index (κ2) is 5.02. The van der Waals surface area contributed by atoms with Gasteiger partial charge < -0.3 is 0 Å². The molecule has 2 atom stereocenters. The molecule has 0 radical (unpaired) electrons. The number of nitrogens with one attached hydrogen (secondary N) is 1. The molecule has 1 aliphatic heterocycles. The van der Waals surface area contributed by atoms with Gasteiger partial charge in [0.1, 0.15) is 0 Å². The van der Waals surface area contributed by atoms with Crippen molar-refractivity contribution in [3.05, 3.63) is 0 Å². The van der Waals surface area contributed by atoms with E-state index in [0.29, 0.717) is 18.0 Å². The van der Waals surface area contributed by atoms with Crippen molar-refractivity contribution >= 4 is 10.0 Å². The number of sulfonamides is 1. The third-order valence-corrected chi connectivity index (χ3v) is 3.94. The molecule has 2 unspecified atom stereocenters. The molecule has 1 heterocycles. The highest BCUT2D eigenvalue weighted by Gasteiger charge is 2.38. The van der Waals surface area contributed by atoms with Crippen LogP contribution in [0.2, 0.25) is 0 Å². The van der Waals surface area contributed by atoms with Crippen LogP contribution in [0.1, 0.15) is 34.1 Å². The maximum Gasteiger partial charge on any atom is 0.209 e. The average Bonchev–Trinajstić information content (AvgIpc) is 2.44. The zero-order valence-corrected chi connectivity index (χ0v) is 11.7. The molecule has 0 aromatic carbocycles. The van der Waals surface area contributed by atoms with Gasteiger partial charge in [-0.15, -0.1) is 0 Å². The van der Waals surface area contributed by atoms with Crippen LogP contribution < -0.4 is 4.72 Å². The Morgan fingerprint density at radius 1 is 1.25 bits per heavy atom. The molecule has 0 saturated carbocycles. The van der Waals surface area contributed by atoms with Gasteiger partial charge in [-0.3, -0.25) is 4.90 Å². The highest BCUT2D eigenvalue weighted by molar-refractivity contribution is 7.88. The Balaban J connectivity index is 2.80. The Labute approximate surface area is 99.5 Å². The Hall–Kier alpha value is -0.130. The van der Waals surface area contributed by atoms with E-state index in [-0.39, 0.29) is 6.04 Å². The summed E-state index contributed by atoms with van der Waals surface area (Å²) >= 11 is 0. The molecule has 0 aromatic heterocycles. The van der Waals surface area contributed by atoms with Crippen molar-refractivity contribution < 1.29 is 8.42 Å². The first kappa shape index (κ1) is 13.9. The second-order valence-corrected chi connectivity index (χ2v) is 7.13. The van der Waals surface area contributed by atoms with E-state index in [9.17, 15) is 8.42 Å². The predicted molar refractivity (Wildman–Crippen MR) is 66.9 cm³/mol. The molecule has 1 fully saturated rings. The molecule has 1 N–H and O–H groups in total. The Kier molecular flexibility index (Phi) is 4.37. The third-order valence-electron chi connectivity index (χ3n) is 3.21. The van der Waals surface area contributed by atoms with Gasteiger partial charge in [0.05, 0.1) is 6.26 Å². The fraction of sp³-hybridized carbons (Fsp3) is 1.00. The molecule has 0 spiro atoms. The maximum absolute atomic E-state index is 11.3. The lowest BCUT2D eigenvalue weighted by Crippen LogP contribution is -2.49. The van der Waals surface area contributed by atoms with E-state index in [1.165, 1.54) is 6.26 Å². The van der Waals surface area contributed by atoms with Crippen molar-refractivity contribution in [1.29, 1.82) is 0 Å². The molecule has 4 nitrogen and oxygen atoms in total. The summed E-state index contributed by atoms with van der Waals surface area (Å²) in [5.74, 6) is 0.462. The van der Waals surface area contributed by atoms with E-state index < -0.39 is 10.0 Å². The van der Waals surface area contributed by atoms with E-state index in [1.807, 2.05) is 0 Å². The minimum Gasteiger partial charge on any atom is -0.296 e. The molecule has 0 amide bonds. The van der Waals surface area contributed by atoms with Crippen LogP contribution >= 0.6 is 0 Å². The van der Waals surface area contributed by atoms with E-state index in [1.54, 1.807) is 0 Å². The SMILES string of the molecule is CC(C)C1C(NS(C)(=O)=O)CCN1C(C)C. The second-order valence-electron chi connectivity index (χ2n) is 5.35. The minimum absolute atomic E-state index is 0.0670. The molecule has 0 aliphatic carbocycles. The van der Waals surface area contributed by atoms with Crippen LogP contribution in [0.15, 0.2) is 0 Å². The lowest BCUT2D eigenvalue weighted by atomic mass is 9.97. The zero-order chi connectivity index (χ0) is 12.5. The number of rotatable bonds is 4. The molecule has 1 rings (SSSR count). The molecular formula is C11H24N2O2S. The quantitative estimate of drug-likeness (QED) is 0.809. The molecule has 96 valence electrons. The Morgan fingerprint density at radius 2 is 1.81 bits per heavy atom.